The Morgan fingerprint density at radius 3 is 2.63 bits per heavy atom. The predicted octanol–water partition coefficient (Wildman–Crippen LogP) is 2.25. The Labute approximate surface area is 176 Å². The molecule has 162 valence electrons. The minimum atomic E-state index is -0.920. The first-order valence-electron chi connectivity index (χ1n) is 10.4. The van der Waals surface area contributed by atoms with Crippen LogP contribution in [-0.2, 0) is 19.1 Å². The first-order valence-corrected chi connectivity index (χ1v) is 10.4. The maximum atomic E-state index is 12.9. The molecule has 8 nitrogen and oxygen atoms in total. The molecular formula is C22H29N3O5. The second-order valence-electron chi connectivity index (χ2n) is 8.19. The van der Waals surface area contributed by atoms with E-state index in [-0.39, 0.29) is 23.8 Å². The number of hydrogen-bond acceptors (Lipinski definition) is 5. The van der Waals surface area contributed by atoms with Crippen LogP contribution in [0, 0.1) is 5.92 Å². The summed E-state index contributed by atoms with van der Waals surface area (Å²) in [5.41, 5.74) is 0.0439. The molecular weight excluding hydrogens is 386 g/mol. The molecule has 1 heterocycles. The molecule has 0 bridgehead atoms. The number of likely N-dealkylation sites (N-methyl/N-ethyl adjacent to an activating group) is 1. The van der Waals surface area contributed by atoms with Crippen LogP contribution in [0.15, 0.2) is 30.3 Å². The highest BCUT2D eigenvalue weighted by Crippen LogP contribution is 2.38. The van der Waals surface area contributed by atoms with E-state index in [1.54, 1.807) is 7.05 Å². The number of urea groups is 1. The van der Waals surface area contributed by atoms with Gasteiger partial charge < -0.3 is 15.0 Å². The van der Waals surface area contributed by atoms with Crippen molar-refractivity contribution >= 4 is 23.8 Å². The molecule has 0 aromatic heterocycles. The third-order valence-corrected chi connectivity index (χ3v) is 6.40. The number of hydrogen-bond donors (Lipinski definition) is 1. The van der Waals surface area contributed by atoms with Crippen LogP contribution in [0.5, 0.6) is 0 Å². The van der Waals surface area contributed by atoms with Crippen LogP contribution in [0.2, 0.25) is 0 Å². The van der Waals surface area contributed by atoms with Gasteiger partial charge in [0.25, 0.3) is 11.8 Å². The molecule has 1 aromatic carbocycles. The van der Waals surface area contributed by atoms with Gasteiger partial charge in [-0.1, -0.05) is 50.1 Å². The van der Waals surface area contributed by atoms with Crippen molar-refractivity contribution in [2.45, 2.75) is 51.1 Å². The lowest BCUT2D eigenvalue weighted by Gasteiger charge is -2.36. The third kappa shape index (κ3) is 4.17. The Kier molecular flexibility index (Phi) is 6.43. The summed E-state index contributed by atoms with van der Waals surface area (Å²) in [6, 6.07) is 8.75. The topological polar surface area (TPSA) is 96.0 Å². The first-order chi connectivity index (χ1) is 14.3. The SMILES string of the molecule is C[C@@H](c1ccccc1)N(C)C(=O)COC(=O)CN1C(=O)N[C@@]2(CCCC[C@@H]2C)C1=O. The minimum Gasteiger partial charge on any atom is -0.454 e. The van der Waals surface area contributed by atoms with Crippen LogP contribution in [-0.4, -0.2) is 59.4 Å². The lowest BCUT2D eigenvalue weighted by Crippen LogP contribution is -2.54. The van der Waals surface area contributed by atoms with E-state index >= 15 is 0 Å². The molecule has 1 aliphatic heterocycles. The van der Waals surface area contributed by atoms with Crippen molar-refractivity contribution in [1.29, 1.82) is 0 Å². The van der Waals surface area contributed by atoms with Crippen molar-refractivity contribution < 1.29 is 23.9 Å². The fraction of sp³-hybridized carbons (Fsp3) is 0.545. The van der Waals surface area contributed by atoms with Gasteiger partial charge in [0.05, 0.1) is 6.04 Å². The second-order valence-corrected chi connectivity index (χ2v) is 8.19. The molecule has 3 atom stereocenters. The smallest absolute Gasteiger partial charge is 0.326 e. The van der Waals surface area contributed by atoms with Gasteiger partial charge in [-0.3, -0.25) is 19.3 Å². The van der Waals surface area contributed by atoms with Crippen LogP contribution in [0.1, 0.15) is 51.1 Å². The number of imide groups is 1. The molecule has 2 fully saturated rings. The number of ether oxygens (including phenoxy) is 1. The van der Waals surface area contributed by atoms with Crippen LogP contribution in [0.4, 0.5) is 4.79 Å². The van der Waals surface area contributed by atoms with Crippen LogP contribution >= 0.6 is 0 Å². The summed E-state index contributed by atoms with van der Waals surface area (Å²) in [5.74, 6) is -1.52. The fourth-order valence-electron chi connectivity index (χ4n) is 4.23. The molecule has 0 unspecified atom stereocenters. The van der Waals surface area contributed by atoms with Gasteiger partial charge in [-0.15, -0.1) is 0 Å². The van der Waals surface area contributed by atoms with Gasteiger partial charge in [0, 0.05) is 7.05 Å². The maximum Gasteiger partial charge on any atom is 0.326 e. The van der Waals surface area contributed by atoms with Crippen LogP contribution in [0.3, 0.4) is 0 Å². The van der Waals surface area contributed by atoms with E-state index in [9.17, 15) is 19.2 Å². The molecule has 3 rings (SSSR count). The van der Waals surface area contributed by atoms with Gasteiger partial charge in [-0.25, -0.2) is 4.79 Å². The molecule has 1 aliphatic carbocycles. The van der Waals surface area contributed by atoms with E-state index in [1.165, 1.54) is 4.90 Å². The highest BCUT2D eigenvalue weighted by molar-refractivity contribution is 6.09. The molecule has 4 amide bonds. The summed E-state index contributed by atoms with van der Waals surface area (Å²) < 4.78 is 5.07. The summed E-state index contributed by atoms with van der Waals surface area (Å²) in [6.07, 6.45) is 3.30. The van der Waals surface area contributed by atoms with Gasteiger partial charge in [-0.05, 0) is 31.2 Å². The summed E-state index contributed by atoms with van der Waals surface area (Å²) in [7, 11) is 1.64. The molecule has 1 spiro atoms. The van der Waals surface area contributed by atoms with E-state index in [1.807, 2.05) is 44.2 Å². The fourth-order valence-corrected chi connectivity index (χ4v) is 4.23. The standard InChI is InChI=1S/C22H29N3O5/c1-15-9-7-8-12-22(15)20(28)25(21(29)23-22)13-19(27)30-14-18(26)24(3)16(2)17-10-5-4-6-11-17/h4-6,10-11,15-16H,7-9,12-14H2,1-3H3,(H,23,29)/t15-,16-,22+/m0/s1. The molecule has 1 N–H and O–H groups in total. The highest BCUT2D eigenvalue weighted by Gasteiger charge is 2.55. The Morgan fingerprint density at radius 2 is 1.97 bits per heavy atom. The number of rotatable bonds is 6. The van der Waals surface area contributed by atoms with Crippen molar-refractivity contribution in [3.63, 3.8) is 0 Å². The average Bonchev–Trinajstić information content (AvgIpc) is 2.98. The number of nitrogens with one attached hydrogen (secondary N) is 1. The zero-order chi connectivity index (χ0) is 21.9. The molecule has 8 heteroatoms. The molecule has 30 heavy (non-hydrogen) atoms. The molecule has 2 aliphatic rings. The van der Waals surface area contributed by atoms with Crippen molar-refractivity contribution in [3.8, 4) is 0 Å². The van der Waals surface area contributed by atoms with Gasteiger partial charge in [0.1, 0.15) is 12.1 Å². The van der Waals surface area contributed by atoms with Crippen molar-refractivity contribution in [2.75, 3.05) is 20.2 Å². The largest absolute Gasteiger partial charge is 0.454 e. The molecule has 0 radical (unpaired) electrons. The number of esters is 1. The monoisotopic (exact) mass is 415 g/mol. The lowest BCUT2D eigenvalue weighted by atomic mass is 9.73. The van der Waals surface area contributed by atoms with Crippen molar-refractivity contribution in [1.82, 2.24) is 15.1 Å². The third-order valence-electron chi connectivity index (χ3n) is 6.40. The molecule has 1 saturated heterocycles. The van der Waals surface area contributed by atoms with E-state index in [0.29, 0.717) is 6.42 Å². The number of nitrogens with zero attached hydrogens (tertiary/aromatic N) is 2. The normalized spacial score (nSPS) is 24.5. The van der Waals surface area contributed by atoms with Gasteiger partial charge in [0.2, 0.25) is 0 Å². The summed E-state index contributed by atoms with van der Waals surface area (Å²) >= 11 is 0. The average molecular weight is 415 g/mol. The Balaban J connectivity index is 1.53. The van der Waals surface area contributed by atoms with Crippen molar-refractivity contribution in [3.05, 3.63) is 35.9 Å². The Bertz CT molecular complexity index is 827. The van der Waals surface area contributed by atoms with E-state index < -0.39 is 30.7 Å². The first kappa shape index (κ1) is 21.8. The Morgan fingerprint density at radius 1 is 1.27 bits per heavy atom. The summed E-state index contributed by atoms with van der Waals surface area (Å²) in [5, 5.41) is 2.79. The zero-order valence-corrected chi connectivity index (χ0v) is 17.7. The lowest BCUT2D eigenvalue weighted by molar-refractivity contribution is -0.154. The highest BCUT2D eigenvalue weighted by atomic mass is 16.5. The van der Waals surface area contributed by atoms with E-state index in [0.717, 1.165) is 29.7 Å². The second kappa shape index (κ2) is 8.85. The van der Waals surface area contributed by atoms with Crippen LogP contribution in [0.25, 0.3) is 0 Å². The van der Waals surface area contributed by atoms with Gasteiger partial charge in [0.15, 0.2) is 6.61 Å². The summed E-state index contributed by atoms with van der Waals surface area (Å²) in [4.78, 5) is 52.3. The maximum absolute atomic E-state index is 12.9. The summed E-state index contributed by atoms with van der Waals surface area (Å²) in [6.45, 7) is 2.89. The van der Waals surface area contributed by atoms with Gasteiger partial charge >= 0.3 is 12.0 Å². The van der Waals surface area contributed by atoms with E-state index in [2.05, 4.69) is 5.32 Å². The predicted molar refractivity (Wildman–Crippen MR) is 109 cm³/mol. The quantitative estimate of drug-likeness (QED) is 0.568. The van der Waals surface area contributed by atoms with E-state index in [4.69, 9.17) is 4.74 Å². The van der Waals surface area contributed by atoms with Gasteiger partial charge in [-0.2, -0.15) is 0 Å². The van der Waals surface area contributed by atoms with Crippen LogP contribution < -0.4 is 5.32 Å². The number of amides is 4. The number of benzene rings is 1. The zero-order valence-electron chi connectivity index (χ0n) is 17.7. The molecule has 1 aromatic rings. The number of carbonyl (C=O) groups is 4. The number of carbonyl (C=O) groups excluding carboxylic acids is 4. The van der Waals surface area contributed by atoms with Crippen molar-refractivity contribution in [2.24, 2.45) is 5.92 Å². The Hall–Kier alpha value is -2.90. The molecule has 1 saturated carbocycles. The minimum absolute atomic E-state index is 0.0124.